The molecule has 5 nitrogen and oxygen atoms in total. The lowest BCUT2D eigenvalue weighted by molar-refractivity contribution is 0.0481. The van der Waals surface area contributed by atoms with Gasteiger partial charge in [0, 0.05) is 18.7 Å². The summed E-state index contributed by atoms with van der Waals surface area (Å²) in [6.45, 7) is 3.59. The highest BCUT2D eigenvalue weighted by Crippen LogP contribution is 2.52. The summed E-state index contributed by atoms with van der Waals surface area (Å²) < 4.78 is 0. The highest BCUT2D eigenvalue weighted by atomic mass is 32.1. The SMILES string of the molecule is CC1(O)CCCN(c2sc(C(N)=O)c(N)c2C2CC2)CC1. The summed E-state index contributed by atoms with van der Waals surface area (Å²) in [5.41, 5.74) is 12.7. The molecule has 1 atom stereocenters. The molecule has 1 unspecified atom stereocenters. The van der Waals surface area contributed by atoms with Crippen LogP contribution < -0.4 is 16.4 Å². The second kappa shape index (κ2) is 5.18. The third kappa shape index (κ3) is 2.87. The van der Waals surface area contributed by atoms with Crippen LogP contribution in [0.4, 0.5) is 10.7 Å². The van der Waals surface area contributed by atoms with Gasteiger partial charge in [-0.15, -0.1) is 11.3 Å². The van der Waals surface area contributed by atoms with Crippen LogP contribution in [0.1, 0.15) is 60.2 Å². The average molecular weight is 309 g/mol. The molecule has 116 valence electrons. The zero-order valence-corrected chi connectivity index (χ0v) is 13.2. The number of nitrogens with zero attached hydrogens (tertiary/aromatic N) is 1. The minimum Gasteiger partial charge on any atom is -0.397 e. The Morgan fingerprint density at radius 2 is 2.10 bits per heavy atom. The molecule has 6 heteroatoms. The maximum Gasteiger partial charge on any atom is 0.260 e. The molecule has 0 bridgehead atoms. The lowest BCUT2D eigenvalue weighted by Gasteiger charge is -2.24. The lowest BCUT2D eigenvalue weighted by atomic mass is 9.98. The molecule has 0 spiro atoms. The van der Waals surface area contributed by atoms with E-state index < -0.39 is 11.5 Å². The van der Waals surface area contributed by atoms with Crippen molar-refractivity contribution in [3.05, 3.63) is 10.4 Å². The first kappa shape index (κ1) is 14.7. The summed E-state index contributed by atoms with van der Waals surface area (Å²) in [6, 6.07) is 0. The van der Waals surface area contributed by atoms with E-state index in [-0.39, 0.29) is 0 Å². The zero-order chi connectivity index (χ0) is 15.2. The summed E-state index contributed by atoms with van der Waals surface area (Å²) in [5.74, 6) is 0.0422. The number of nitrogens with two attached hydrogens (primary N) is 2. The van der Waals surface area contributed by atoms with E-state index in [4.69, 9.17) is 11.5 Å². The normalized spacial score (nSPS) is 26.7. The maximum absolute atomic E-state index is 11.6. The highest BCUT2D eigenvalue weighted by molar-refractivity contribution is 7.18. The Kier molecular flexibility index (Phi) is 3.61. The van der Waals surface area contributed by atoms with Crippen LogP contribution in [-0.2, 0) is 0 Å². The molecule has 1 saturated carbocycles. The maximum atomic E-state index is 11.6. The first-order chi connectivity index (χ1) is 9.89. The first-order valence-electron chi connectivity index (χ1n) is 7.58. The molecular formula is C15H23N3O2S. The fraction of sp³-hybridized carbons (Fsp3) is 0.667. The van der Waals surface area contributed by atoms with Gasteiger partial charge in [-0.2, -0.15) is 0 Å². The number of amides is 1. The van der Waals surface area contributed by atoms with Gasteiger partial charge in [0.15, 0.2) is 0 Å². The summed E-state index contributed by atoms with van der Waals surface area (Å²) in [7, 11) is 0. The van der Waals surface area contributed by atoms with Crippen LogP contribution in [-0.4, -0.2) is 29.7 Å². The second-order valence-electron chi connectivity index (χ2n) is 6.54. The van der Waals surface area contributed by atoms with Crippen LogP contribution in [0.25, 0.3) is 0 Å². The van der Waals surface area contributed by atoms with Crippen molar-refractivity contribution in [2.75, 3.05) is 23.7 Å². The number of hydrogen-bond donors (Lipinski definition) is 3. The van der Waals surface area contributed by atoms with E-state index >= 15 is 0 Å². The van der Waals surface area contributed by atoms with Crippen LogP contribution in [0.5, 0.6) is 0 Å². The number of thiophene rings is 1. The van der Waals surface area contributed by atoms with Gasteiger partial charge in [0.05, 0.1) is 16.3 Å². The van der Waals surface area contributed by atoms with Gasteiger partial charge in [-0.3, -0.25) is 4.79 Å². The Balaban J connectivity index is 1.94. The van der Waals surface area contributed by atoms with Crippen molar-refractivity contribution in [3.8, 4) is 0 Å². The van der Waals surface area contributed by atoms with E-state index in [1.165, 1.54) is 11.3 Å². The van der Waals surface area contributed by atoms with Gasteiger partial charge in [-0.1, -0.05) is 0 Å². The van der Waals surface area contributed by atoms with Gasteiger partial charge in [0.25, 0.3) is 5.91 Å². The Bertz CT molecular complexity index is 564. The number of carbonyl (C=O) groups is 1. The minimum atomic E-state index is -0.593. The fourth-order valence-corrected chi connectivity index (χ4v) is 4.31. The quantitative estimate of drug-likeness (QED) is 0.796. The molecular weight excluding hydrogens is 286 g/mol. The Labute approximate surface area is 128 Å². The van der Waals surface area contributed by atoms with Gasteiger partial charge in [-0.25, -0.2) is 0 Å². The smallest absolute Gasteiger partial charge is 0.260 e. The van der Waals surface area contributed by atoms with E-state index in [1.807, 2.05) is 6.92 Å². The number of carbonyl (C=O) groups excluding carboxylic acids is 1. The molecule has 5 N–H and O–H groups in total. The summed E-state index contributed by atoms with van der Waals surface area (Å²) in [4.78, 5) is 14.3. The molecule has 2 fully saturated rings. The van der Waals surface area contributed by atoms with Crippen molar-refractivity contribution in [1.82, 2.24) is 0 Å². The molecule has 1 aliphatic heterocycles. The van der Waals surface area contributed by atoms with Gasteiger partial charge < -0.3 is 21.5 Å². The van der Waals surface area contributed by atoms with Gasteiger partial charge in [0.2, 0.25) is 0 Å². The average Bonchev–Trinajstić information content (AvgIpc) is 3.18. The monoisotopic (exact) mass is 309 g/mol. The summed E-state index contributed by atoms with van der Waals surface area (Å²) >= 11 is 1.42. The van der Waals surface area contributed by atoms with Crippen LogP contribution in [0, 0.1) is 0 Å². The van der Waals surface area contributed by atoms with Crippen LogP contribution in [0.3, 0.4) is 0 Å². The van der Waals surface area contributed by atoms with E-state index in [1.54, 1.807) is 0 Å². The Hall–Kier alpha value is -1.27. The summed E-state index contributed by atoms with van der Waals surface area (Å²) in [5, 5.41) is 11.3. The van der Waals surface area contributed by atoms with E-state index in [0.29, 0.717) is 16.5 Å². The van der Waals surface area contributed by atoms with Crippen LogP contribution >= 0.6 is 11.3 Å². The molecule has 1 aromatic rings. The number of nitrogen functional groups attached to an aromatic ring is 1. The fourth-order valence-electron chi connectivity index (χ4n) is 3.10. The summed E-state index contributed by atoms with van der Waals surface area (Å²) in [6.07, 6.45) is 4.77. The molecule has 1 aromatic heterocycles. The minimum absolute atomic E-state index is 0.438. The van der Waals surface area contributed by atoms with Crippen molar-refractivity contribution in [2.45, 2.75) is 50.5 Å². The largest absolute Gasteiger partial charge is 0.397 e. The third-order valence-electron chi connectivity index (χ3n) is 4.52. The van der Waals surface area contributed by atoms with E-state index in [0.717, 1.165) is 55.8 Å². The van der Waals surface area contributed by atoms with Crippen LogP contribution in [0.2, 0.25) is 0 Å². The molecule has 1 saturated heterocycles. The molecule has 1 aliphatic carbocycles. The van der Waals surface area contributed by atoms with Crippen molar-refractivity contribution in [2.24, 2.45) is 5.73 Å². The van der Waals surface area contributed by atoms with Gasteiger partial charge >= 0.3 is 0 Å². The molecule has 3 rings (SSSR count). The Morgan fingerprint density at radius 3 is 2.71 bits per heavy atom. The number of anilines is 2. The third-order valence-corrected chi connectivity index (χ3v) is 5.82. The standard InChI is InChI=1S/C15H23N3O2S/c1-15(20)5-2-7-18(8-6-15)14-10(9-3-4-9)11(16)12(21-14)13(17)19/h9,20H,2-8,16H2,1H3,(H2,17,19). The molecule has 0 aromatic carbocycles. The molecule has 2 heterocycles. The van der Waals surface area contributed by atoms with E-state index in [2.05, 4.69) is 4.90 Å². The predicted molar refractivity (Wildman–Crippen MR) is 85.9 cm³/mol. The van der Waals surface area contributed by atoms with Crippen molar-refractivity contribution >= 4 is 27.9 Å². The Morgan fingerprint density at radius 1 is 1.38 bits per heavy atom. The molecule has 1 amide bonds. The zero-order valence-electron chi connectivity index (χ0n) is 12.4. The van der Waals surface area contributed by atoms with Crippen molar-refractivity contribution in [1.29, 1.82) is 0 Å². The van der Waals surface area contributed by atoms with Gasteiger partial charge in [-0.05, 0) is 44.9 Å². The number of aliphatic hydroxyl groups is 1. The topological polar surface area (TPSA) is 92.6 Å². The number of hydrogen-bond acceptors (Lipinski definition) is 5. The van der Waals surface area contributed by atoms with Crippen molar-refractivity contribution < 1.29 is 9.90 Å². The van der Waals surface area contributed by atoms with Crippen LogP contribution in [0.15, 0.2) is 0 Å². The highest BCUT2D eigenvalue weighted by Gasteiger charge is 2.35. The predicted octanol–water partition coefficient (Wildman–Crippen LogP) is 2.05. The molecule has 0 radical (unpaired) electrons. The lowest BCUT2D eigenvalue weighted by Crippen LogP contribution is -2.28. The van der Waals surface area contributed by atoms with E-state index in [9.17, 15) is 9.90 Å². The first-order valence-corrected chi connectivity index (χ1v) is 8.40. The number of rotatable bonds is 3. The van der Waals surface area contributed by atoms with Gasteiger partial charge in [0.1, 0.15) is 4.88 Å². The molecule has 2 aliphatic rings. The van der Waals surface area contributed by atoms with Crippen molar-refractivity contribution in [3.63, 3.8) is 0 Å². The second-order valence-corrected chi connectivity index (χ2v) is 7.54. The number of primary amides is 1. The molecule has 21 heavy (non-hydrogen) atoms.